The number of para-hydroxylation sites is 3. The standard InChI is InChI=1S/C24H30N2O3/c1-16(2)29-21-13-9-8-12-20(21)26-15-17(14-22(26)27)23(28)25-19-11-7-6-10-18(19)24(3,4)5/h6-13,16-17H,14-15H2,1-5H3,(H,25,28). The first-order valence-electron chi connectivity index (χ1n) is 10.1. The topological polar surface area (TPSA) is 58.6 Å². The molecule has 1 heterocycles. The smallest absolute Gasteiger partial charge is 0.229 e. The Kier molecular flexibility index (Phi) is 5.96. The largest absolute Gasteiger partial charge is 0.489 e. The maximum Gasteiger partial charge on any atom is 0.229 e. The lowest BCUT2D eigenvalue weighted by Crippen LogP contribution is -2.29. The zero-order chi connectivity index (χ0) is 21.2. The van der Waals surface area contributed by atoms with Crippen molar-refractivity contribution in [3.63, 3.8) is 0 Å². The number of benzene rings is 2. The number of hydrogen-bond donors (Lipinski definition) is 1. The molecule has 1 saturated heterocycles. The van der Waals surface area contributed by atoms with E-state index in [1.54, 1.807) is 4.90 Å². The number of anilines is 2. The van der Waals surface area contributed by atoms with Gasteiger partial charge in [-0.15, -0.1) is 0 Å². The fraction of sp³-hybridized carbons (Fsp3) is 0.417. The van der Waals surface area contributed by atoms with Gasteiger partial charge in [0.05, 0.1) is 17.7 Å². The first-order chi connectivity index (χ1) is 13.7. The molecule has 0 saturated carbocycles. The van der Waals surface area contributed by atoms with E-state index in [9.17, 15) is 9.59 Å². The van der Waals surface area contributed by atoms with Crippen molar-refractivity contribution in [2.75, 3.05) is 16.8 Å². The van der Waals surface area contributed by atoms with Gasteiger partial charge in [0.1, 0.15) is 5.75 Å². The predicted octanol–water partition coefficient (Wildman–Crippen LogP) is 4.76. The number of carbonyl (C=O) groups is 2. The molecule has 1 unspecified atom stereocenters. The van der Waals surface area contributed by atoms with Gasteiger partial charge in [-0.3, -0.25) is 9.59 Å². The predicted molar refractivity (Wildman–Crippen MR) is 116 cm³/mol. The minimum absolute atomic E-state index is 0.00171. The van der Waals surface area contributed by atoms with Crippen molar-refractivity contribution in [2.45, 2.75) is 52.6 Å². The maximum absolute atomic E-state index is 13.0. The van der Waals surface area contributed by atoms with Crippen molar-refractivity contribution >= 4 is 23.2 Å². The molecule has 5 nitrogen and oxygen atoms in total. The molecule has 1 aliphatic rings. The van der Waals surface area contributed by atoms with Crippen LogP contribution in [0.3, 0.4) is 0 Å². The van der Waals surface area contributed by atoms with Gasteiger partial charge in [0, 0.05) is 18.7 Å². The van der Waals surface area contributed by atoms with Crippen molar-refractivity contribution in [2.24, 2.45) is 5.92 Å². The van der Waals surface area contributed by atoms with E-state index >= 15 is 0 Å². The van der Waals surface area contributed by atoms with E-state index in [0.717, 1.165) is 16.9 Å². The van der Waals surface area contributed by atoms with Gasteiger partial charge in [0.2, 0.25) is 11.8 Å². The Morgan fingerprint density at radius 1 is 1.10 bits per heavy atom. The van der Waals surface area contributed by atoms with E-state index in [1.807, 2.05) is 62.4 Å². The highest BCUT2D eigenvalue weighted by Gasteiger charge is 2.36. The molecule has 1 N–H and O–H groups in total. The minimum atomic E-state index is -0.400. The first-order valence-corrected chi connectivity index (χ1v) is 10.1. The maximum atomic E-state index is 13.0. The Bertz CT molecular complexity index is 899. The molecule has 1 fully saturated rings. The molecule has 29 heavy (non-hydrogen) atoms. The van der Waals surface area contributed by atoms with Crippen LogP contribution in [0.25, 0.3) is 0 Å². The molecule has 0 radical (unpaired) electrons. The molecule has 2 amide bonds. The van der Waals surface area contributed by atoms with Crippen molar-refractivity contribution in [3.8, 4) is 5.75 Å². The van der Waals surface area contributed by atoms with E-state index < -0.39 is 5.92 Å². The number of nitrogens with one attached hydrogen (secondary N) is 1. The average molecular weight is 395 g/mol. The van der Waals surface area contributed by atoms with Gasteiger partial charge in [-0.05, 0) is 43.0 Å². The molecule has 1 atom stereocenters. The van der Waals surface area contributed by atoms with Crippen LogP contribution in [-0.4, -0.2) is 24.5 Å². The van der Waals surface area contributed by atoms with Crippen molar-refractivity contribution in [3.05, 3.63) is 54.1 Å². The molecule has 0 spiro atoms. The first kappa shape index (κ1) is 20.9. The third-order valence-corrected chi connectivity index (χ3v) is 5.01. The quantitative estimate of drug-likeness (QED) is 0.795. The highest BCUT2D eigenvalue weighted by molar-refractivity contribution is 6.04. The van der Waals surface area contributed by atoms with Gasteiger partial charge in [0.15, 0.2) is 0 Å². The number of nitrogens with zero attached hydrogens (tertiary/aromatic N) is 1. The Hall–Kier alpha value is -2.82. The number of ether oxygens (including phenoxy) is 1. The van der Waals surface area contributed by atoms with Crippen LogP contribution >= 0.6 is 0 Å². The lowest BCUT2D eigenvalue weighted by atomic mass is 9.85. The highest BCUT2D eigenvalue weighted by atomic mass is 16.5. The summed E-state index contributed by atoms with van der Waals surface area (Å²) in [6.07, 6.45) is 0.196. The summed E-state index contributed by atoms with van der Waals surface area (Å²) in [4.78, 5) is 27.3. The van der Waals surface area contributed by atoms with E-state index in [1.165, 1.54) is 0 Å². The van der Waals surface area contributed by atoms with Crippen LogP contribution in [-0.2, 0) is 15.0 Å². The molecule has 2 aromatic carbocycles. The van der Waals surface area contributed by atoms with E-state index in [2.05, 4.69) is 26.1 Å². The molecule has 1 aliphatic heterocycles. The molecule has 3 rings (SSSR count). The fourth-order valence-electron chi connectivity index (χ4n) is 3.63. The van der Waals surface area contributed by atoms with Gasteiger partial charge in [-0.25, -0.2) is 0 Å². The molecule has 0 aromatic heterocycles. The van der Waals surface area contributed by atoms with Crippen LogP contribution in [0.2, 0.25) is 0 Å². The van der Waals surface area contributed by atoms with Gasteiger partial charge in [-0.1, -0.05) is 51.1 Å². The average Bonchev–Trinajstić information content (AvgIpc) is 3.03. The van der Waals surface area contributed by atoms with Crippen molar-refractivity contribution in [1.82, 2.24) is 0 Å². The molecular formula is C24H30N2O3. The zero-order valence-corrected chi connectivity index (χ0v) is 17.9. The molecule has 154 valence electrons. The lowest BCUT2D eigenvalue weighted by molar-refractivity contribution is -0.122. The summed E-state index contributed by atoms with van der Waals surface area (Å²) in [6, 6.07) is 15.3. The molecule has 0 aliphatic carbocycles. The van der Waals surface area contributed by atoms with Crippen LogP contribution in [0, 0.1) is 5.92 Å². The van der Waals surface area contributed by atoms with E-state index in [4.69, 9.17) is 4.74 Å². The number of hydrogen-bond acceptors (Lipinski definition) is 3. The highest BCUT2D eigenvalue weighted by Crippen LogP contribution is 2.35. The third-order valence-electron chi connectivity index (χ3n) is 5.01. The second-order valence-electron chi connectivity index (χ2n) is 8.82. The van der Waals surface area contributed by atoms with Gasteiger partial charge in [0.25, 0.3) is 0 Å². The summed E-state index contributed by atoms with van der Waals surface area (Å²) < 4.78 is 5.86. The normalized spacial score (nSPS) is 17.0. The molecule has 0 bridgehead atoms. The van der Waals surface area contributed by atoms with E-state index in [0.29, 0.717) is 12.3 Å². The second kappa shape index (κ2) is 8.27. The Balaban J connectivity index is 1.77. The summed E-state index contributed by atoms with van der Waals surface area (Å²) in [7, 11) is 0. The van der Waals surface area contributed by atoms with Crippen LogP contribution in [0.15, 0.2) is 48.5 Å². The molecule has 5 heteroatoms. The summed E-state index contributed by atoms with van der Waals surface area (Å²) in [6.45, 7) is 10.6. The Labute approximate surface area is 173 Å². The number of carbonyl (C=O) groups excluding carboxylic acids is 2. The van der Waals surface area contributed by atoms with Gasteiger partial charge < -0.3 is 15.0 Å². The fourth-order valence-corrected chi connectivity index (χ4v) is 3.63. The number of amides is 2. The Morgan fingerprint density at radius 3 is 2.45 bits per heavy atom. The second-order valence-corrected chi connectivity index (χ2v) is 8.82. The zero-order valence-electron chi connectivity index (χ0n) is 17.9. The molecular weight excluding hydrogens is 364 g/mol. The number of rotatable bonds is 5. The van der Waals surface area contributed by atoms with Crippen LogP contribution in [0.1, 0.15) is 46.6 Å². The monoisotopic (exact) mass is 394 g/mol. The van der Waals surface area contributed by atoms with Crippen molar-refractivity contribution < 1.29 is 14.3 Å². The summed E-state index contributed by atoms with van der Waals surface area (Å²) >= 11 is 0. The van der Waals surface area contributed by atoms with E-state index in [-0.39, 0.29) is 29.8 Å². The summed E-state index contributed by atoms with van der Waals surface area (Å²) in [5.41, 5.74) is 2.51. The van der Waals surface area contributed by atoms with Crippen LogP contribution in [0.4, 0.5) is 11.4 Å². The third kappa shape index (κ3) is 4.78. The lowest BCUT2D eigenvalue weighted by Gasteiger charge is -2.24. The van der Waals surface area contributed by atoms with Gasteiger partial charge in [-0.2, -0.15) is 0 Å². The minimum Gasteiger partial charge on any atom is -0.489 e. The van der Waals surface area contributed by atoms with Gasteiger partial charge >= 0.3 is 0 Å². The Morgan fingerprint density at radius 2 is 1.76 bits per heavy atom. The molecule has 2 aromatic rings. The van der Waals surface area contributed by atoms with Crippen LogP contribution < -0.4 is 15.0 Å². The van der Waals surface area contributed by atoms with Crippen molar-refractivity contribution in [1.29, 1.82) is 0 Å². The summed E-state index contributed by atoms with van der Waals surface area (Å²) in [5, 5.41) is 3.05. The summed E-state index contributed by atoms with van der Waals surface area (Å²) in [5.74, 6) is 0.0755. The van der Waals surface area contributed by atoms with Crippen LogP contribution in [0.5, 0.6) is 5.75 Å². The SMILES string of the molecule is CC(C)Oc1ccccc1N1CC(C(=O)Nc2ccccc2C(C)(C)C)CC1=O.